The Morgan fingerprint density at radius 3 is 2.43 bits per heavy atom. The normalized spacial score (nSPS) is 16.1. The lowest BCUT2D eigenvalue weighted by Gasteiger charge is -2.33. The van der Waals surface area contributed by atoms with Crippen molar-refractivity contribution < 1.29 is 14.3 Å². The molecule has 0 aromatic heterocycles. The smallest absolute Gasteiger partial charge is 0.409 e. The molecule has 0 radical (unpaired) electrons. The van der Waals surface area contributed by atoms with Crippen molar-refractivity contribution in [3.63, 3.8) is 0 Å². The summed E-state index contributed by atoms with van der Waals surface area (Å²) < 4.78 is 5.21. The zero-order chi connectivity index (χ0) is 15.7. The molecule has 2 amide bonds. The van der Waals surface area contributed by atoms with Crippen molar-refractivity contribution in [1.82, 2.24) is 15.1 Å². The van der Waals surface area contributed by atoms with Gasteiger partial charge in [-0.3, -0.25) is 9.69 Å². The molecule has 0 spiro atoms. The fraction of sp³-hybridized carbons (Fsp3) is 0.867. The molecule has 0 atom stereocenters. The molecule has 1 heterocycles. The Labute approximate surface area is 127 Å². The van der Waals surface area contributed by atoms with Crippen LogP contribution in [0.2, 0.25) is 0 Å². The van der Waals surface area contributed by atoms with Gasteiger partial charge in [0.05, 0.1) is 13.2 Å². The van der Waals surface area contributed by atoms with Gasteiger partial charge in [-0.05, 0) is 12.3 Å². The van der Waals surface area contributed by atoms with Gasteiger partial charge in [0, 0.05) is 32.7 Å². The number of carbonyl (C=O) groups excluding carboxylic acids is 2. The third-order valence-corrected chi connectivity index (χ3v) is 3.39. The SMILES string of the molecule is CCCCNC(=O)CN1CCN(C(=O)OCC(C)C)CC1. The highest BCUT2D eigenvalue weighted by Crippen LogP contribution is 2.05. The predicted molar refractivity (Wildman–Crippen MR) is 82.1 cm³/mol. The van der Waals surface area contributed by atoms with Gasteiger partial charge in [0.1, 0.15) is 0 Å². The van der Waals surface area contributed by atoms with Crippen LogP contribution in [0, 0.1) is 5.92 Å². The summed E-state index contributed by atoms with van der Waals surface area (Å²) >= 11 is 0. The molecule has 1 saturated heterocycles. The van der Waals surface area contributed by atoms with Crippen LogP contribution in [-0.2, 0) is 9.53 Å². The molecule has 6 nitrogen and oxygen atoms in total. The summed E-state index contributed by atoms with van der Waals surface area (Å²) in [5.74, 6) is 0.418. The lowest BCUT2D eigenvalue weighted by molar-refractivity contribution is -0.122. The number of unbranched alkanes of at least 4 members (excludes halogenated alkanes) is 1. The van der Waals surface area contributed by atoms with E-state index in [1.54, 1.807) is 4.90 Å². The minimum Gasteiger partial charge on any atom is -0.449 e. The molecular formula is C15H29N3O3. The number of rotatable bonds is 7. The Morgan fingerprint density at radius 2 is 1.86 bits per heavy atom. The lowest BCUT2D eigenvalue weighted by atomic mass is 10.2. The first-order chi connectivity index (χ1) is 10.0. The zero-order valence-electron chi connectivity index (χ0n) is 13.6. The number of ether oxygens (including phenoxy) is 1. The van der Waals surface area contributed by atoms with E-state index in [0.717, 1.165) is 32.5 Å². The molecule has 1 aliphatic heterocycles. The maximum absolute atomic E-state index is 11.8. The molecule has 122 valence electrons. The average molecular weight is 299 g/mol. The molecule has 0 saturated carbocycles. The maximum atomic E-state index is 11.8. The Morgan fingerprint density at radius 1 is 1.19 bits per heavy atom. The second kappa shape index (κ2) is 9.60. The third kappa shape index (κ3) is 7.32. The molecule has 1 rings (SSSR count). The van der Waals surface area contributed by atoms with E-state index >= 15 is 0 Å². The van der Waals surface area contributed by atoms with E-state index < -0.39 is 0 Å². The number of hydrogen-bond acceptors (Lipinski definition) is 4. The molecular weight excluding hydrogens is 270 g/mol. The summed E-state index contributed by atoms with van der Waals surface area (Å²) in [6, 6.07) is 0. The van der Waals surface area contributed by atoms with Gasteiger partial charge in [0.25, 0.3) is 0 Å². The summed E-state index contributed by atoms with van der Waals surface area (Å²) in [6.07, 6.45) is 1.86. The minimum absolute atomic E-state index is 0.0688. The summed E-state index contributed by atoms with van der Waals surface area (Å²) in [6.45, 7) is 10.4. The van der Waals surface area contributed by atoms with Gasteiger partial charge in [-0.1, -0.05) is 27.2 Å². The van der Waals surface area contributed by atoms with Gasteiger partial charge in [-0.25, -0.2) is 4.79 Å². The van der Waals surface area contributed by atoms with E-state index in [9.17, 15) is 9.59 Å². The van der Waals surface area contributed by atoms with Gasteiger partial charge in [-0.2, -0.15) is 0 Å². The standard InChI is InChI=1S/C15H29N3O3/c1-4-5-6-16-14(19)11-17-7-9-18(10-8-17)15(20)21-12-13(2)3/h13H,4-12H2,1-3H3,(H,16,19). The molecule has 1 fully saturated rings. The number of nitrogens with zero attached hydrogens (tertiary/aromatic N) is 2. The molecule has 21 heavy (non-hydrogen) atoms. The number of nitrogens with one attached hydrogen (secondary N) is 1. The largest absolute Gasteiger partial charge is 0.449 e. The topological polar surface area (TPSA) is 61.9 Å². The zero-order valence-corrected chi connectivity index (χ0v) is 13.6. The van der Waals surface area contributed by atoms with Gasteiger partial charge >= 0.3 is 6.09 Å². The van der Waals surface area contributed by atoms with Crippen LogP contribution >= 0.6 is 0 Å². The first kappa shape index (κ1) is 17.8. The molecule has 1 aliphatic rings. The second-order valence-corrected chi connectivity index (χ2v) is 5.94. The number of carbonyl (C=O) groups is 2. The van der Waals surface area contributed by atoms with Crippen LogP contribution in [0.25, 0.3) is 0 Å². The van der Waals surface area contributed by atoms with Crippen LogP contribution < -0.4 is 5.32 Å². The van der Waals surface area contributed by atoms with Crippen molar-refractivity contribution in [1.29, 1.82) is 0 Å². The van der Waals surface area contributed by atoms with Gasteiger partial charge in [-0.15, -0.1) is 0 Å². The first-order valence-electron chi connectivity index (χ1n) is 7.93. The monoisotopic (exact) mass is 299 g/mol. The molecule has 0 unspecified atom stereocenters. The van der Waals surface area contributed by atoms with Crippen LogP contribution in [0.5, 0.6) is 0 Å². The highest BCUT2D eigenvalue weighted by Gasteiger charge is 2.23. The molecule has 1 N–H and O–H groups in total. The van der Waals surface area contributed by atoms with E-state index in [0.29, 0.717) is 32.2 Å². The van der Waals surface area contributed by atoms with E-state index in [1.807, 2.05) is 13.8 Å². The predicted octanol–water partition coefficient (Wildman–Crippen LogP) is 1.31. The van der Waals surface area contributed by atoms with Crippen LogP contribution in [-0.4, -0.2) is 67.7 Å². The highest BCUT2D eigenvalue weighted by atomic mass is 16.6. The van der Waals surface area contributed by atoms with Crippen LogP contribution in [0.1, 0.15) is 33.6 Å². The van der Waals surface area contributed by atoms with Crippen molar-refractivity contribution in [2.45, 2.75) is 33.6 Å². The summed E-state index contributed by atoms with van der Waals surface area (Å²) in [5, 5.41) is 2.91. The summed E-state index contributed by atoms with van der Waals surface area (Å²) in [5.41, 5.74) is 0. The van der Waals surface area contributed by atoms with E-state index in [-0.39, 0.29) is 12.0 Å². The quantitative estimate of drug-likeness (QED) is 0.720. The minimum atomic E-state index is -0.240. The molecule has 0 bridgehead atoms. The number of amides is 2. The van der Waals surface area contributed by atoms with E-state index in [1.165, 1.54) is 0 Å². The summed E-state index contributed by atoms with van der Waals surface area (Å²) in [4.78, 5) is 27.3. The molecule has 0 aromatic carbocycles. The molecule has 0 aliphatic carbocycles. The van der Waals surface area contributed by atoms with Crippen LogP contribution in [0.15, 0.2) is 0 Å². The number of hydrogen-bond donors (Lipinski definition) is 1. The average Bonchev–Trinajstić information content (AvgIpc) is 2.45. The Bertz CT molecular complexity index is 326. The van der Waals surface area contributed by atoms with Crippen molar-refractivity contribution >= 4 is 12.0 Å². The highest BCUT2D eigenvalue weighted by molar-refractivity contribution is 5.78. The van der Waals surface area contributed by atoms with Crippen LogP contribution in [0.3, 0.4) is 0 Å². The first-order valence-corrected chi connectivity index (χ1v) is 7.93. The van der Waals surface area contributed by atoms with Crippen molar-refractivity contribution in [3.05, 3.63) is 0 Å². The maximum Gasteiger partial charge on any atom is 0.409 e. The van der Waals surface area contributed by atoms with Crippen molar-refractivity contribution in [3.8, 4) is 0 Å². The fourth-order valence-corrected chi connectivity index (χ4v) is 2.08. The lowest BCUT2D eigenvalue weighted by Crippen LogP contribution is -2.51. The Hall–Kier alpha value is -1.30. The van der Waals surface area contributed by atoms with Gasteiger partial charge < -0.3 is 15.0 Å². The van der Waals surface area contributed by atoms with Crippen molar-refractivity contribution in [2.75, 3.05) is 45.9 Å². The molecule has 6 heteroatoms. The van der Waals surface area contributed by atoms with Crippen molar-refractivity contribution in [2.24, 2.45) is 5.92 Å². The van der Waals surface area contributed by atoms with E-state index in [4.69, 9.17) is 4.74 Å². The summed E-state index contributed by atoms with van der Waals surface area (Å²) in [7, 11) is 0. The Balaban J connectivity index is 2.19. The van der Waals surface area contributed by atoms with Crippen LogP contribution in [0.4, 0.5) is 4.79 Å². The second-order valence-electron chi connectivity index (χ2n) is 5.94. The van der Waals surface area contributed by atoms with E-state index in [2.05, 4.69) is 17.1 Å². The fourth-order valence-electron chi connectivity index (χ4n) is 2.08. The van der Waals surface area contributed by atoms with Gasteiger partial charge in [0.15, 0.2) is 0 Å². The molecule has 0 aromatic rings. The Kier molecular flexibility index (Phi) is 8.12. The third-order valence-electron chi connectivity index (χ3n) is 3.39. The van der Waals surface area contributed by atoms with Gasteiger partial charge in [0.2, 0.25) is 5.91 Å². The number of piperazine rings is 1.